The minimum absolute atomic E-state index is 0.549. The van der Waals surface area contributed by atoms with Gasteiger partial charge in [-0.1, -0.05) is 24.3 Å². The lowest BCUT2D eigenvalue weighted by atomic mass is 10.1. The summed E-state index contributed by atoms with van der Waals surface area (Å²) in [6, 6.07) is 9.09. The lowest BCUT2D eigenvalue weighted by Crippen LogP contribution is -2.04. The van der Waals surface area contributed by atoms with Crippen LogP contribution in [0.3, 0.4) is 0 Å². The van der Waals surface area contributed by atoms with E-state index in [0.717, 1.165) is 17.0 Å². The van der Waals surface area contributed by atoms with Crippen LogP contribution in [0.1, 0.15) is 16.0 Å². The zero-order valence-electron chi connectivity index (χ0n) is 8.74. The van der Waals surface area contributed by atoms with E-state index in [-0.39, 0.29) is 0 Å². The fraction of sp³-hybridized carbons (Fsp3) is 0.0769. The third kappa shape index (κ3) is 3.20. The molecule has 0 saturated carbocycles. The normalized spacial score (nSPS) is 12.2. The van der Waals surface area contributed by atoms with Crippen LogP contribution in [-0.4, -0.2) is 0 Å². The summed E-state index contributed by atoms with van der Waals surface area (Å²) in [7, 11) is 0. The first-order valence-electron chi connectivity index (χ1n) is 4.94. The summed E-state index contributed by atoms with van der Waals surface area (Å²) >= 11 is 1.54. The SMILES string of the molecule is FC(F)(F)c1cccc(/C=C/c2cccs2)c1. The van der Waals surface area contributed by atoms with Gasteiger partial charge in [-0.25, -0.2) is 0 Å². The Kier molecular flexibility index (Phi) is 3.33. The highest BCUT2D eigenvalue weighted by molar-refractivity contribution is 7.10. The van der Waals surface area contributed by atoms with Crippen molar-refractivity contribution in [1.82, 2.24) is 0 Å². The van der Waals surface area contributed by atoms with E-state index >= 15 is 0 Å². The quantitative estimate of drug-likeness (QED) is 0.712. The van der Waals surface area contributed by atoms with Crippen LogP contribution in [-0.2, 0) is 6.18 Å². The molecule has 0 bridgehead atoms. The Morgan fingerprint density at radius 3 is 2.47 bits per heavy atom. The van der Waals surface area contributed by atoms with Crippen molar-refractivity contribution in [3.8, 4) is 0 Å². The standard InChI is InChI=1S/C13H9F3S/c14-13(15,16)11-4-1-3-10(9-11)6-7-12-5-2-8-17-12/h1-9H/b7-6+. The first-order valence-corrected chi connectivity index (χ1v) is 5.82. The van der Waals surface area contributed by atoms with Gasteiger partial charge in [0, 0.05) is 4.88 Å². The summed E-state index contributed by atoms with van der Waals surface area (Å²) in [6.45, 7) is 0. The third-order valence-corrected chi connectivity index (χ3v) is 3.03. The first-order chi connectivity index (χ1) is 8.05. The van der Waals surface area contributed by atoms with E-state index in [2.05, 4.69) is 0 Å². The molecule has 0 aliphatic heterocycles. The number of halogens is 3. The van der Waals surface area contributed by atoms with Crippen molar-refractivity contribution < 1.29 is 13.2 Å². The van der Waals surface area contributed by atoms with E-state index in [1.807, 2.05) is 17.5 Å². The maximum atomic E-state index is 12.5. The highest BCUT2D eigenvalue weighted by Gasteiger charge is 2.30. The van der Waals surface area contributed by atoms with Crippen molar-refractivity contribution in [2.45, 2.75) is 6.18 Å². The third-order valence-electron chi connectivity index (χ3n) is 2.20. The van der Waals surface area contributed by atoms with E-state index in [1.165, 1.54) is 6.07 Å². The highest BCUT2D eigenvalue weighted by Crippen LogP contribution is 2.29. The lowest BCUT2D eigenvalue weighted by Gasteiger charge is -2.06. The zero-order valence-corrected chi connectivity index (χ0v) is 9.55. The van der Waals surface area contributed by atoms with Crippen LogP contribution in [0.15, 0.2) is 41.8 Å². The Balaban J connectivity index is 2.23. The van der Waals surface area contributed by atoms with E-state index in [1.54, 1.807) is 29.6 Å². The molecule has 17 heavy (non-hydrogen) atoms. The molecule has 1 heterocycles. The number of benzene rings is 1. The first kappa shape index (κ1) is 11.9. The van der Waals surface area contributed by atoms with Crippen molar-refractivity contribution in [3.63, 3.8) is 0 Å². The molecule has 88 valence electrons. The Morgan fingerprint density at radius 2 is 1.82 bits per heavy atom. The molecule has 4 heteroatoms. The smallest absolute Gasteiger partial charge is 0.166 e. The number of hydrogen-bond acceptors (Lipinski definition) is 1. The van der Waals surface area contributed by atoms with E-state index in [0.29, 0.717) is 5.56 Å². The van der Waals surface area contributed by atoms with Crippen LogP contribution < -0.4 is 0 Å². The van der Waals surface area contributed by atoms with Gasteiger partial charge >= 0.3 is 6.18 Å². The van der Waals surface area contributed by atoms with Gasteiger partial charge in [-0.15, -0.1) is 11.3 Å². The summed E-state index contributed by atoms with van der Waals surface area (Å²) in [6.07, 6.45) is -0.798. The van der Waals surface area contributed by atoms with Crippen LogP contribution in [0, 0.1) is 0 Å². The molecule has 0 amide bonds. The van der Waals surface area contributed by atoms with E-state index < -0.39 is 11.7 Å². The Bertz CT molecular complexity index is 510. The minimum Gasteiger partial charge on any atom is -0.166 e. The molecule has 0 radical (unpaired) electrons. The van der Waals surface area contributed by atoms with Gasteiger partial charge in [-0.3, -0.25) is 0 Å². The van der Waals surface area contributed by atoms with Gasteiger partial charge in [-0.2, -0.15) is 13.2 Å². The summed E-state index contributed by atoms with van der Waals surface area (Å²) in [4.78, 5) is 1.02. The molecule has 0 saturated heterocycles. The van der Waals surface area contributed by atoms with Crippen LogP contribution >= 0.6 is 11.3 Å². The molecule has 0 spiro atoms. The predicted molar refractivity (Wildman–Crippen MR) is 64.7 cm³/mol. The Labute approximate surface area is 101 Å². The molecule has 2 aromatic rings. The van der Waals surface area contributed by atoms with Gasteiger partial charge in [0.05, 0.1) is 5.56 Å². The largest absolute Gasteiger partial charge is 0.416 e. The molecular weight excluding hydrogens is 245 g/mol. The lowest BCUT2D eigenvalue weighted by molar-refractivity contribution is -0.137. The van der Waals surface area contributed by atoms with Gasteiger partial charge in [0.2, 0.25) is 0 Å². The van der Waals surface area contributed by atoms with Crippen molar-refractivity contribution in [2.24, 2.45) is 0 Å². The highest BCUT2D eigenvalue weighted by atomic mass is 32.1. The van der Waals surface area contributed by atoms with Gasteiger partial charge < -0.3 is 0 Å². The molecule has 0 aliphatic carbocycles. The number of hydrogen-bond donors (Lipinski definition) is 0. The molecule has 1 aromatic heterocycles. The second-order valence-corrected chi connectivity index (χ2v) is 4.45. The molecule has 0 nitrogen and oxygen atoms in total. The van der Waals surface area contributed by atoms with Gasteiger partial charge in [0.15, 0.2) is 0 Å². The van der Waals surface area contributed by atoms with Crippen molar-refractivity contribution >= 4 is 23.5 Å². The topological polar surface area (TPSA) is 0 Å². The summed E-state index contributed by atoms with van der Waals surface area (Å²) < 4.78 is 37.4. The molecule has 0 fully saturated rings. The Morgan fingerprint density at radius 1 is 1.00 bits per heavy atom. The van der Waals surface area contributed by atoms with E-state index in [4.69, 9.17) is 0 Å². The average molecular weight is 254 g/mol. The summed E-state index contributed by atoms with van der Waals surface area (Å²) in [5, 5.41) is 1.92. The molecule has 2 rings (SSSR count). The molecule has 0 unspecified atom stereocenters. The fourth-order valence-electron chi connectivity index (χ4n) is 1.38. The molecule has 0 N–H and O–H groups in total. The summed E-state index contributed by atoms with van der Waals surface area (Å²) in [5.74, 6) is 0. The number of thiophene rings is 1. The molecule has 0 aliphatic rings. The summed E-state index contributed by atoms with van der Waals surface area (Å²) in [5.41, 5.74) is -0.0703. The van der Waals surface area contributed by atoms with Gasteiger partial charge in [0.25, 0.3) is 0 Å². The van der Waals surface area contributed by atoms with Crippen molar-refractivity contribution in [2.75, 3.05) is 0 Å². The maximum absolute atomic E-state index is 12.5. The molecular formula is C13H9F3S. The second kappa shape index (κ2) is 4.75. The predicted octanol–water partition coefficient (Wildman–Crippen LogP) is 4.94. The van der Waals surface area contributed by atoms with Crippen molar-refractivity contribution in [3.05, 3.63) is 57.8 Å². The zero-order chi connectivity index (χ0) is 12.3. The fourth-order valence-corrected chi connectivity index (χ4v) is 2.00. The van der Waals surface area contributed by atoms with Gasteiger partial charge in [0.1, 0.15) is 0 Å². The van der Waals surface area contributed by atoms with Crippen LogP contribution in [0.25, 0.3) is 12.2 Å². The number of alkyl halides is 3. The van der Waals surface area contributed by atoms with Crippen molar-refractivity contribution in [1.29, 1.82) is 0 Å². The van der Waals surface area contributed by atoms with Crippen LogP contribution in [0.5, 0.6) is 0 Å². The average Bonchev–Trinajstić information content (AvgIpc) is 2.78. The monoisotopic (exact) mass is 254 g/mol. The van der Waals surface area contributed by atoms with Crippen LogP contribution in [0.2, 0.25) is 0 Å². The van der Waals surface area contributed by atoms with Crippen LogP contribution in [0.4, 0.5) is 13.2 Å². The number of rotatable bonds is 2. The molecule has 1 aromatic carbocycles. The van der Waals surface area contributed by atoms with Gasteiger partial charge in [-0.05, 0) is 35.2 Å². The molecule has 0 atom stereocenters. The second-order valence-electron chi connectivity index (χ2n) is 3.47. The van der Waals surface area contributed by atoms with E-state index in [9.17, 15) is 13.2 Å². The Hall–Kier alpha value is -1.55. The minimum atomic E-state index is -4.28. The maximum Gasteiger partial charge on any atom is 0.416 e.